The molecule has 2 rings (SSSR count). The van der Waals surface area contributed by atoms with Gasteiger partial charge in [0.05, 0.1) is 10.0 Å². The van der Waals surface area contributed by atoms with Crippen LogP contribution < -0.4 is 0 Å². The molecule has 0 saturated carbocycles. The van der Waals surface area contributed by atoms with Crippen molar-refractivity contribution in [1.29, 1.82) is 0 Å². The molecule has 0 amide bonds. The van der Waals surface area contributed by atoms with Gasteiger partial charge in [-0.05, 0) is 12.1 Å². The Balaban J connectivity index is 2.57. The molecule has 4 nitrogen and oxygen atoms in total. The first-order chi connectivity index (χ1) is 6.68. The lowest BCUT2D eigenvalue weighted by atomic mass is 10.2. The molecule has 0 aliphatic carbocycles. The lowest BCUT2D eigenvalue weighted by molar-refractivity contribution is 0.418. The summed E-state index contributed by atoms with van der Waals surface area (Å²) in [5.74, 6) is 0.217. The summed E-state index contributed by atoms with van der Waals surface area (Å²) in [6, 6.07) is 3.02. The van der Waals surface area contributed by atoms with E-state index in [1.165, 1.54) is 18.5 Å². The SMILES string of the molecule is Oc1c(Cl)cc(-c2ncon2)cc1Cl. The topological polar surface area (TPSA) is 59.2 Å². The van der Waals surface area contributed by atoms with Crippen molar-refractivity contribution in [3.05, 3.63) is 28.6 Å². The Kier molecular flexibility index (Phi) is 2.31. The lowest BCUT2D eigenvalue weighted by Gasteiger charge is -2.01. The molecule has 2 aromatic rings. The van der Waals surface area contributed by atoms with Crippen LogP contribution in [0.3, 0.4) is 0 Å². The molecule has 1 aromatic heterocycles. The molecule has 72 valence electrons. The van der Waals surface area contributed by atoms with Gasteiger partial charge in [0.2, 0.25) is 12.2 Å². The second-order valence-electron chi connectivity index (χ2n) is 2.54. The van der Waals surface area contributed by atoms with E-state index >= 15 is 0 Å². The van der Waals surface area contributed by atoms with Gasteiger partial charge in [-0.15, -0.1) is 0 Å². The molecule has 0 saturated heterocycles. The van der Waals surface area contributed by atoms with E-state index in [1.807, 2.05) is 0 Å². The number of aromatic nitrogens is 2. The van der Waals surface area contributed by atoms with Crippen LogP contribution in [0.1, 0.15) is 0 Å². The molecule has 0 aliphatic heterocycles. The van der Waals surface area contributed by atoms with E-state index in [0.717, 1.165) is 0 Å². The summed E-state index contributed by atoms with van der Waals surface area (Å²) >= 11 is 11.4. The summed E-state index contributed by atoms with van der Waals surface area (Å²) in [6.45, 7) is 0. The van der Waals surface area contributed by atoms with Gasteiger partial charge >= 0.3 is 0 Å². The molecule has 6 heteroatoms. The second-order valence-corrected chi connectivity index (χ2v) is 3.36. The average molecular weight is 231 g/mol. The number of rotatable bonds is 1. The maximum atomic E-state index is 9.30. The summed E-state index contributed by atoms with van der Waals surface area (Å²) in [4.78, 5) is 3.82. The van der Waals surface area contributed by atoms with Gasteiger partial charge in [-0.25, -0.2) is 0 Å². The molecule has 1 N–H and O–H groups in total. The van der Waals surface area contributed by atoms with Crippen molar-refractivity contribution in [2.24, 2.45) is 0 Å². The maximum absolute atomic E-state index is 9.30. The number of phenols is 1. The van der Waals surface area contributed by atoms with Crippen LogP contribution in [0.5, 0.6) is 5.75 Å². The number of phenolic OH excluding ortho intramolecular Hbond substituents is 1. The van der Waals surface area contributed by atoms with Gasteiger partial charge in [-0.3, -0.25) is 0 Å². The normalized spacial score (nSPS) is 10.4. The van der Waals surface area contributed by atoms with Gasteiger partial charge in [0.1, 0.15) is 0 Å². The lowest BCUT2D eigenvalue weighted by Crippen LogP contribution is -1.81. The van der Waals surface area contributed by atoms with Gasteiger partial charge in [0.15, 0.2) is 5.75 Å². The maximum Gasteiger partial charge on any atom is 0.214 e. The number of benzene rings is 1. The van der Waals surface area contributed by atoms with Crippen LogP contribution in [0.25, 0.3) is 11.4 Å². The molecule has 0 fully saturated rings. The first-order valence-electron chi connectivity index (χ1n) is 3.63. The van der Waals surface area contributed by atoms with Crippen LogP contribution in [0.4, 0.5) is 0 Å². The van der Waals surface area contributed by atoms with E-state index in [1.54, 1.807) is 0 Å². The van der Waals surface area contributed by atoms with Crippen LogP contribution in [0, 0.1) is 0 Å². The van der Waals surface area contributed by atoms with Crippen LogP contribution in [0.2, 0.25) is 10.0 Å². The summed E-state index contributed by atoms with van der Waals surface area (Å²) in [7, 11) is 0. The van der Waals surface area contributed by atoms with Gasteiger partial charge in [-0.2, -0.15) is 4.98 Å². The van der Waals surface area contributed by atoms with Crippen LogP contribution in [0.15, 0.2) is 23.0 Å². The van der Waals surface area contributed by atoms with Crippen molar-refractivity contribution in [3.8, 4) is 17.1 Å². The Labute approximate surface area is 89.1 Å². The van der Waals surface area contributed by atoms with Gasteiger partial charge in [-0.1, -0.05) is 28.4 Å². The van der Waals surface area contributed by atoms with Crippen LogP contribution in [-0.4, -0.2) is 15.2 Å². The average Bonchev–Trinajstić information content (AvgIpc) is 2.66. The van der Waals surface area contributed by atoms with Gasteiger partial charge < -0.3 is 9.63 Å². The molecule has 0 unspecified atom stereocenters. The van der Waals surface area contributed by atoms with Crippen molar-refractivity contribution in [3.63, 3.8) is 0 Å². The summed E-state index contributed by atoms with van der Waals surface area (Å²) < 4.78 is 4.57. The minimum atomic E-state index is -0.152. The number of hydrogen-bond donors (Lipinski definition) is 1. The fourth-order valence-corrected chi connectivity index (χ4v) is 1.48. The second kappa shape index (κ2) is 3.48. The standard InChI is InChI=1S/C8H4Cl2N2O2/c9-5-1-4(2-6(10)7(5)13)8-11-3-14-12-8/h1-3,13H. The molecule has 0 bridgehead atoms. The zero-order chi connectivity index (χ0) is 10.1. The van der Waals surface area contributed by atoms with Gasteiger partial charge in [0, 0.05) is 5.56 Å². The van der Waals surface area contributed by atoms with Gasteiger partial charge in [0.25, 0.3) is 0 Å². The van der Waals surface area contributed by atoms with E-state index in [9.17, 15) is 5.11 Å². The largest absolute Gasteiger partial charge is 0.505 e. The molecule has 1 aromatic carbocycles. The van der Waals surface area contributed by atoms with E-state index in [0.29, 0.717) is 11.4 Å². The number of halogens is 2. The Bertz CT molecular complexity index is 433. The monoisotopic (exact) mass is 230 g/mol. The van der Waals surface area contributed by atoms with Crippen molar-refractivity contribution in [2.75, 3.05) is 0 Å². The highest BCUT2D eigenvalue weighted by molar-refractivity contribution is 6.37. The number of nitrogens with zero attached hydrogens (tertiary/aromatic N) is 2. The molecule has 0 aliphatic rings. The molecular formula is C8H4Cl2N2O2. The first-order valence-corrected chi connectivity index (χ1v) is 4.39. The Morgan fingerprint density at radius 2 is 1.86 bits per heavy atom. The molecular weight excluding hydrogens is 227 g/mol. The molecule has 0 atom stereocenters. The van der Waals surface area contributed by atoms with E-state index in [2.05, 4.69) is 14.7 Å². The third-order valence-corrected chi connectivity index (χ3v) is 2.21. The molecule has 14 heavy (non-hydrogen) atoms. The van der Waals surface area contributed by atoms with E-state index < -0.39 is 0 Å². The fourth-order valence-electron chi connectivity index (χ4n) is 0.992. The summed E-state index contributed by atoms with van der Waals surface area (Å²) in [5.41, 5.74) is 0.589. The van der Waals surface area contributed by atoms with Crippen molar-refractivity contribution in [1.82, 2.24) is 10.1 Å². The first kappa shape index (κ1) is 9.30. The smallest absolute Gasteiger partial charge is 0.214 e. The quantitative estimate of drug-likeness (QED) is 0.819. The predicted molar refractivity (Wildman–Crippen MR) is 51.4 cm³/mol. The van der Waals surface area contributed by atoms with E-state index in [-0.39, 0.29) is 15.8 Å². The third kappa shape index (κ3) is 1.54. The van der Waals surface area contributed by atoms with Crippen molar-refractivity contribution in [2.45, 2.75) is 0 Å². The summed E-state index contributed by atoms with van der Waals surface area (Å²) in [5, 5.41) is 13.2. The Hall–Kier alpha value is -1.26. The highest BCUT2D eigenvalue weighted by Gasteiger charge is 2.10. The fraction of sp³-hybridized carbons (Fsp3) is 0. The van der Waals surface area contributed by atoms with E-state index in [4.69, 9.17) is 23.2 Å². The zero-order valence-corrected chi connectivity index (χ0v) is 8.25. The molecule has 1 heterocycles. The van der Waals surface area contributed by atoms with Crippen molar-refractivity contribution >= 4 is 23.2 Å². The number of hydrogen-bond acceptors (Lipinski definition) is 4. The Morgan fingerprint density at radius 1 is 1.21 bits per heavy atom. The van der Waals surface area contributed by atoms with Crippen molar-refractivity contribution < 1.29 is 9.63 Å². The zero-order valence-electron chi connectivity index (χ0n) is 6.74. The Morgan fingerprint density at radius 3 is 2.36 bits per heavy atom. The third-order valence-electron chi connectivity index (χ3n) is 1.64. The summed E-state index contributed by atoms with van der Waals surface area (Å²) in [6.07, 6.45) is 1.20. The predicted octanol–water partition coefficient (Wildman–Crippen LogP) is 2.75. The minimum Gasteiger partial charge on any atom is -0.505 e. The highest BCUT2D eigenvalue weighted by Crippen LogP contribution is 2.35. The molecule has 0 spiro atoms. The highest BCUT2D eigenvalue weighted by atomic mass is 35.5. The van der Waals surface area contributed by atoms with Crippen LogP contribution >= 0.6 is 23.2 Å². The minimum absolute atomic E-state index is 0.150. The van der Waals surface area contributed by atoms with Crippen LogP contribution in [-0.2, 0) is 0 Å². The molecule has 0 radical (unpaired) electrons. The number of aromatic hydroxyl groups is 1.